The molecule has 0 aliphatic carbocycles. The maximum atomic E-state index is 5.95. The predicted molar refractivity (Wildman–Crippen MR) is 72.2 cm³/mol. The maximum Gasteiger partial charge on any atom is 0.0904 e. The SMILES string of the molecule is C(#Cc1ccccc1)C1=CC2(CCNCC2)OC1. The van der Waals surface area contributed by atoms with Crippen LogP contribution in [0.3, 0.4) is 0 Å². The van der Waals surface area contributed by atoms with Crippen LogP contribution in [0.4, 0.5) is 0 Å². The molecule has 3 rings (SSSR count). The van der Waals surface area contributed by atoms with Gasteiger partial charge in [0.25, 0.3) is 0 Å². The zero-order valence-electron chi connectivity index (χ0n) is 10.4. The van der Waals surface area contributed by atoms with Gasteiger partial charge in [-0.05, 0) is 44.1 Å². The van der Waals surface area contributed by atoms with E-state index in [0.29, 0.717) is 6.61 Å². The quantitative estimate of drug-likeness (QED) is 0.700. The Labute approximate surface area is 108 Å². The molecule has 0 saturated carbocycles. The minimum atomic E-state index is -0.0358. The van der Waals surface area contributed by atoms with Crippen LogP contribution in [0.25, 0.3) is 0 Å². The van der Waals surface area contributed by atoms with E-state index >= 15 is 0 Å². The largest absolute Gasteiger partial charge is 0.365 e. The van der Waals surface area contributed by atoms with Crippen molar-refractivity contribution < 1.29 is 4.74 Å². The molecule has 0 unspecified atom stereocenters. The van der Waals surface area contributed by atoms with Gasteiger partial charge in [-0.1, -0.05) is 30.0 Å². The van der Waals surface area contributed by atoms with E-state index in [1.54, 1.807) is 0 Å². The van der Waals surface area contributed by atoms with E-state index in [4.69, 9.17) is 4.74 Å². The average Bonchev–Trinajstić information content (AvgIpc) is 2.82. The molecule has 2 heteroatoms. The van der Waals surface area contributed by atoms with E-state index in [2.05, 4.69) is 23.2 Å². The third kappa shape index (κ3) is 2.48. The summed E-state index contributed by atoms with van der Waals surface area (Å²) in [5.74, 6) is 6.43. The van der Waals surface area contributed by atoms with Crippen molar-refractivity contribution in [3.63, 3.8) is 0 Å². The number of piperidine rings is 1. The highest BCUT2D eigenvalue weighted by atomic mass is 16.5. The van der Waals surface area contributed by atoms with Crippen LogP contribution in [0.1, 0.15) is 18.4 Å². The molecule has 0 aromatic heterocycles. The van der Waals surface area contributed by atoms with Gasteiger partial charge in [-0.15, -0.1) is 0 Å². The molecule has 1 aromatic carbocycles. The van der Waals surface area contributed by atoms with E-state index in [-0.39, 0.29) is 5.60 Å². The van der Waals surface area contributed by atoms with Gasteiger partial charge in [-0.2, -0.15) is 0 Å². The summed E-state index contributed by atoms with van der Waals surface area (Å²) in [6.07, 6.45) is 4.36. The first-order valence-corrected chi connectivity index (χ1v) is 6.50. The fraction of sp³-hybridized carbons (Fsp3) is 0.375. The molecule has 2 heterocycles. The van der Waals surface area contributed by atoms with E-state index in [0.717, 1.165) is 37.1 Å². The molecule has 1 fully saturated rings. The molecule has 0 atom stereocenters. The Morgan fingerprint density at radius 1 is 1.06 bits per heavy atom. The fourth-order valence-electron chi connectivity index (χ4n) is 2.51. The highest BCUT2D eigenvalue weighted by Gasteiger charge is 2.34. The Balaban J connectivity index is 1.75. The number of hydrogen-bond donors (Lipinski definition) is 1. The minimum absolute atomic E-state index is 0.0358. The number of benzene rings is 1. The number of nitrogens with one attached hydrogen (secondary N) is 1. The topological polar surface area (TPSA) is 21.3 Å². The lowest BCUT2D eigenvalue weighted by molar-refractivity contribution is 0.00192. The van der Waals surface area contributed by atoms with Gasteiger partial charge in [0, 0.05) is 11.1 Å². The molecule has 1 spiro atoms. The van der Waals surface area contributed by atoms with Gasteiger partial charge in [-0.3, -0.25) is 0 Å². The zero-order chi connectivity index (χ0) is 12.3. The van der Waals surface area contributed by atoms with Crippen LogP contribution in [-0.2, 0) is 4.74 Å². The van der Waals surface area contributed by atoms with Gasteiger partial charge in [0.05, 0.1) is 12.2 Å². The molecule has 1 saturated heterocycles. The Hall–Kier alpha value is -1.56. The second-order valence-corrected chi connectivity index (χ2v) is 4.89. The van der Waals surface area contributed by atoms with Crippen molar-refractivity contribution >= 4 is 0 Å². The lowest BCUT2D eigenvalue weighted by Crippen LogP contribution is -2.40. The summed E-state index contributed by atoms with van der Waals surface area (Å²) in [5.41, 5.74) is 2.15. The molecule has 2 aliphatic heterocycles. The normalized spacial score (nSPS) is 21.2. The van der Waals surface area contributed by atoms with Gasteiger partial charge in [-0.25, -0.2) is 0 Å². The molecule has 0 bridgehead atoms. The Bertz CT molecular complexity index is 501. The van der Waals surface area contributed by atoms with E-state index < -0.39 is 0 Å². The molecule has 0 radical (unpaired) electrons. The van der Waals surface area contributed by atoms with E-state index in [1.165, 1.54) is 0 Å². The van der Waals surface area contributed by atoms with Crippen LogP contribution in [0.2, 0.25) is 0 Å². The van der Waals surface area contributed by atoms with Crippen molar-refractivity contribution in [2.75, 3.05) is 19.7 Å². The summed E-state index contributed by atoms with van der Waals surface area (Å²) in [7, 11) is 0. The predicted octanol–water partition coefficient (Wildman–Crippen LogP) is 2.12. The van der Waals surface area contributed by atoms with E-state index in [9.17, 15) is 0 Å². The van der Waals surface area contributed by atoms with Gasteiger partial charge in [0.1, 0.15) is 0 Å². The van der Waals surface area contributed by atoms with Crippen LogP contribution in [0.5, 0.6) is 0 Å². The molecule has 18 heavy (non-hydrogen) atoms. The second kappa shape index (κ2) is 4.97. The summed E-state index contributed by atoms with van der Waals surface area (Å²) >= 11 is 0. The van der Waals surface area contributed by atoms with Gasteiger partial charge in [0.2, 0.25) is 0 Å². The molecule has 92 valence electrons. The van der Waals surface area contributed by atoms with Gasteiger partial charge >= 0.3 is 0 Å². The standard InChI is InChI=1S/C16H17NO/c1-2-4-14(5-3-1)6-7-15-12-16(18-13-15)8-10-17-11-9-16/h1-5,12,17H,8-11,13H2. The molecular weight excluding hydrogens is 222 g/mol. The minimum Gasteiger partial charge on any atom is -0.365 e. The molecule has 2 aliphatic rings. The zero-order valence-corrected chi connectivity index (χ0v) is 10.4. The monoisotopic (exact) mass is 239 g/mol. The van der Waals surface area contributed by atoms with Crippen molar-refractivity contribution in [1.82, 2.24) is 5.32 Å². The van der Waals surface area contributed by atoms with E-state index in [1.807, 2.05) is 30.3 Å². The van der Waals surface area contributed by atoms with Crippen LogP contribution in [-0.4, -0.2) is 25.3 Å². The van der Waals surface area contributed by atoms with Crippen molar-refractivity contribution in [2.24, 2.45) is 0 Å². The van der Waals surface area contributed by atoms with Crippen molar-refractivity contribution in [1.29, 1.82) is 0 Å². The summed E-state index contributed by atoms with van der Waals surface area (Å²) in [6.45, 7) is 2.74. The van der Waals surface area contributed by atoms with Crippen LogP contribution in [0.15, 0.2) is 42.0 Å². The van der Waals surface area contributed by atoms with Crippen molar-refractivity contribution in [3.05, 3.63) is 47.5 Å². The van der Waals surface area contributed by atoms with Crippen LogP contribution < -0.4 is 5.32 Å². The van der Waals surface area contributed by atoms with Crippen LogP contribution >= 0.6 is 0 Å². The fourth-order valence-corrected chi connectivity index (χ4v) is 2.51. The summed E-state index contributed by atoms with van der Waals surface area (Å²) < 4.78 is 5.95. The number of ether oxygens (including phenoxy) is 1. The molecule has 1 N–H and O–H groups in total. The van der Waals surface area contributed by atoms with Gasteiger partial charge in [0.15, 0.2) is 0 Å². The summed E-state index contributed by atoms with van der Waals surface area (Å²) in [4.78, 5) is 0. The Morgan fingerprint density at radius 2 is 1.83 bits per heavy atom. The van der Waals surface area contributed by atoms with Crippen molar-refractivity contribution in [2.45, 2.75) is 18.4 Å². The molecule has 0 amide bonds. The van der Waals surface area contributed by atoms with Crippen LogP contribution in [0, 0.1) is 11.8 Å². The molecular formula is C16H17NO. The van der Waals surface area contributed by atoms with Crippen molar-refractivity contribution in [3.8, 4) is 11.8 Å². The first-order chi connectivity index (χ1) is 8.86. The maximum absolute atomic E-state index is 5.95. The molecule has 2 nitrogen and oxygen atoms in total. The lowest BCUT2D eigenvalue weighted by atomic mass is 9.92. The third-order valence-electron chi connectivity index (χ3n) is 3.54. The summed E-state index contributed by atoms with van der Waals surface area (Å²) in [5, 5.41) is 3.36. The Kier molecular flexibility index (Phi) is 3.19. The smallest absolute Gasteiger partial charge is 0.0904 e. The highest BCUT2D eigenvalue weighted by molar-refractivity contribution is 5.43. The number of hydrogen-bond acceptors (Lipinski definition) is 2. The average molecular weight is 239 g/mol. The second-order valence-electron chi connectivity index (χ2n) is 4.89. The first kappa shape index (κ1) is 11.5. The number of rotatable bonds is 0. The Morgan fingerprint density at radius 3 is 2.61 bits per heavy atom. The summed E-state index contributed by atoms with van der Waals surface area (Å²) in [6, 6.07) is 10.1. The first-order valence-electron chi connectivity index (χ1n) is 6.50. The molecule has 1 aromatic rings. The van der Waals surface area contributed by atoms with Gasteiger partial charge < -0.3 is 10.1 Å². The lowest BCUT2D eigenvalue weighted by Gasteiger charge is -2.31. The highest BCUT2D eigenvalue weighted by Crippen LogP contribution is 2.31. The third-order valence-corrected chi connectivity index (χ3v) is 3.54.